The number of ketones is 1. The minimum atomic E-state index is -0.422. The molecule has 0 radical (unpaired) electrons. The molecule has 1 fully saturated rings. The molecule has 1 N–H and O–H groups in total. The molecule has 0 aromatic heterocycles. The molecular weight excluding hydrogens is 126 g/mol. The highest BCUT2D eigenvalue weighted by molar-refractivity contribution is 6.02. The van der Waals surface area contributed by atoms with Crippen molar-refractivity contribution in [1.82, 2.24) is 5.32 Å². The molecule has 0 amide bonds. The summed E-state index contributed by atoms with van der Waals surface area (Å²) in [6.45, 7) is 2.77. The SMILES string of the molecule is C#CC(=O)[C@]1(C)CCCN1. The maximum absolute atomic E-state index is 11.0. The van der Waals surface area contributed by atoms with Gasteiger partial charge in [-0.3, -0.25) is 4.79 Å². The van der Waals surface area contributed by atoms with Crippen molar-refractivity contribution in [2.75, 3.05) is 6.54 Å². The van der Waals surface area contributed by atoms with E-state index in [4.69, 9.17) is 6.42 Å². The molecule has 1 heterocycles. The zero-order valence-electron chi connectivity index (χ0n) is 6.11. The van der Waals surface area contributed by atoms with E-state index in [9.17, 15) is 4.79 Å². The lowest BCUT2D eigenvalue weighted by molar-refractivity contribution is -0.118. The Labute approximate surface area is 61.0 Å². The second-order valence-electron chi connectivity index (χ2n) is 2.84. The van der Waals surface area contributed by atoms with Crippen LogP contribution in [0.15, 0.2) is 0 Å². The second-order valence-corrected chi connectivity index (χ2v) is 2.84. The topological polar surface area (TPSA) is 29.1 Å². The van der Waals surface area contributed by atoms with Gasteiger partial charge >= 0.3 is 0 Å². The predicted molar refractivity (Wildman–Crippen MR) is 39.5 cm³/mol. The van der Waals surface area contributed by atoms with Gasteiger partial charge in [-0.1, -0.05) is 0 Å². The fourth-order valence-corrected chi connectivity index (χ4v) is 1.25. The molecule has 10 heavy (non-hydrogen) atoms. The Kier molecular flexibility index (Phi) is 1.78. The van der Waals surface area contributed by atoms with Gasteiger partial charge in [0.1, 0.15) is 0 Å². The van der Waals surface area contributed by atoms with E-state index in [0.717, 1.165) is 19.4 Å². The van der Waals surface area contributed by atoms with Gasteiger partial charge in [0, 0.05) is 0 Å². The van der Waals surface area contributed by atoms with E-state index in [-0.39, 0.29) is 5.78 Å². The van der Waals surface area contributed by atoms with E-state index in [2.05, 4.69) is 11.2 Å². The maximum Gasteiger partial charge on any atom is 0.224 e. The summed E-state index contributed by atoms with van der Waals surface area (Å²) in [7, 11) is 0. The first-order valence-corrected chi connectivity index (χ1v) is 3.45. The highest BCUT2D eigenvalue weighted by atomic mass is 16.1. The normalized spacial score (nSPS) is 31.6. The van der Waals surface area contributed by atoms with E-state index in [0.29, 0.717) is 0 Å². The average Bonchev–Trinajstić information content (AvgIpc) is 2.36. The van der Waals surface area contributed by atoms with Crippen molar-refractivity contribution in [2.24, 2.45) is 0 Å². The number of nitrogens with one attached hydrogen (secondary N) is 1. The molecule has 1 aliphatic rings. The van der Waals surface area contributed by atoms with E-state index in [1.54, 1.807) is 0 Å². The molecule has 1 saturated heterocycles. The first-order chi connectivity index (χ1) is 4.69. The highest BCUT2D eigenvalue weighted by Gasteiger charge is 2.34. The molecule has 1 rings (SSSR count). The summed E-state index contributed by atoms with van der Waals surface area (Å²) >= 11 is 0. The predicted octanol–water partition coefficient (Wildman–Crippen LogP) is 0.331. The lowest BCUT2D eigenvalue weighted by Gasteiger charge is -2.18. The number of rotatable bonds is 1. The summed E-state index contributed by atoms with van der Waals surface area (Å²) in [5, 5.41) is 3.09. The van der Waals surface area contributed by atoms with Crippen molar-refractivity contribution in [3.05, 3.63) is 0 Å². The van der Waals surface area contributed by atoms with Crippen molar-refractivity contribution in [3.63, 3.8) is 0 Å². The van der Waals surface area contributed by atoms with Crippen LogP contribution in [0, 0.1) is 12.3 Å². The molecular formula is C8H11NO. The van der Waals surface area contributed by atoms with E-state index >= 15 is 0 Å². The summed E-state index contributed by atoms with van der Waals surface area (Å²) < 4.78 is 0. The lowest BCUT2D eigenvalue weighted by Crippen LogP contribution is -2.43. The largest absolute Gasteiger partial charge is 0.304 e. The van der Waals surface area contributed by atoms with Gasteiger partial charge < -0.3 is 5.32 Å². The third-order valence-electron chi connectivity index (χ3n) is 2.00. The van der Waals surface area contributed by atoms with Crippen molar-refractivity contribution in [2.45, 2.75) is 25.3 Å². The van der Waals surface area contributed by atoms with Crippen LogP contribution in [-0.2, 0) is 4.79 Å². The van der Waals surface area contributed by atoms with Crippen molar-refractivity contribution in [3.8, 4) is 12.3 Å². The van der Waals surface area contributed by atoms with Crippen LogP contribution in [-0.4, -0.2) is 17.9 Å². The smallest absolute Gasteiger partial charge is 0.224 e. The summed E-state index contributed by atoms with van der Waals surface area (Å²) in [5.74, 6) is 2.03. The number of carbonyl (C=O) groups is 1. The highest BCUT2D eigenvalue weighted by Crippen LogP contribution is 2.18. The van der Waals surface area contributed by atoms with Gasteiger partial charge in [-0.05, 0) is 32.2 Å². The number of terminal acetylenes is 1. The van der Waals surface area contributed by atoms with Crippen LogP contribution in [0.5, 0.6) is 0 Å². The second kappa shape index (κ2) is 2.43. The quantitative estimate of drug-likeness (QED) is 0.417. The molecule has 2 nitrogen and oxygen atoms in total. The van der Waals surface area contributed by atoms with Crippen LogP contribution in [0.2, 0.25) is 0 Å². The Hall–Kier alpha value is -0.810. The van der Waals surface area contributed by atoms with E-state index in [1.165, 1.54) is 0 Å². The fourth-order valence-electron chi connectivity index (χ4n) is 1.25. The standard InChI is InChI=1S/C8H11NO/c1-3-7(10)8(2)5-4-6-9-8/h1,9H,4-6H2,2H3/t8-/m0/s1. The van der Waals surface area contributed by atoms with Crippen molar-refractivity contribution in [1.29, 1.82) is 0 Å². The van der Waals surface area contributed by atoms with Gasteiger partial charge in [-0.15, -0.1) is 6.42 Å². The first-order valence-electron chi connectivity index (χ1n) is 3.45. The maximum atomic E-state index is 11.0. The summed E-state index contributed by atoms with van der Waals surface area (Å²) in [4.78, 5) is 11.0. The number of hydrogen-bond donors (Lipinski definition) is 1. The summed E-state index contributed by atoms with van der Waals surface area (Å²) in [5.41, 5.74) is -0.422. The summed E-state index contributed by atoms with van der Waals surface area (Å²) in [6, 6.07) is 0. The Morgan fingerprint density at radius 3 is 2.90 bits per heavy atom. The molecule has 0 aromatic carbocycles. The van der Waals surface area contributed by atoms with E-state index in [1.807, 2.05) is 6.92 Å². The van der Waals surface area contributed by atoms with Crippen LogP contribution in [0.3, 0.4) is 0 Å². The fraction of sp³-hybridized carbons (Fsp3) is 0.625. The minimum absolute atomic E-state index is 0.120. The zero-order valence-corrected chi connectivity index (χ0v) is 6.11. The van der Waals surface area contributed by atoms with Crippen LogP contribution in [0.4, 0.5) is 0 Å². The molecule has 0 aromatic rings. The Morgan fingerprint density at radius 2 is 2.50 bits per heavy atom. The molecule has 0 spiro atoms. The molecule has 0 aliphatic carbocycles. The molecule has 0 bridgehead atoms. The molecule has 0 saturated carbocycles. The molecule has 1 aliphatic heterocycles. The average molecular weight is 137 g/mol. The van der Waals surface area contributed by atoms with Gasteiger partial charge in [-0.2, -0.15) is 0 Å². The number of Topliss-reactive ketones (excluding diaryl/α,β-unsaturated/α-hetero) is 1. The minimum Gasteiger partial charge on any atom is -0.304 e. The van der Waals surface area contributed by atoms with Gasteiger partial charge in [0.2, 0.25) is 5.78 Å². The van der Waals surface area contributed by atoms with Crippen LogP contribution in [0.1, 0.15) is 19.8 Å². The molecule has 2 heteroatoms. The van der Waals surface area contributed by atoms with Gasteiger partial charge in [0.15, 0.2) is 0 Å². The zero-order chi connectivity index (χ0) is 7.61. The Bertz CT molecular complexity index is 184. The molecule has 1 atom stereocenters. The van der Waals surface area contributed by atoms with Gasteiger partial charge in [0.05, 0.1) is 5.54 Å². The third kappa shape index (κ3) is 1.05. The van der Waals surface area contributed by atoms with Gasteiger partial charge in [-0.25, -0.2) is 0 Å². The van der Waals surface area contributed by atoms with Crippen LogP contribution < -0.4 is 5.32 Å². The monoisotopic (exact) mass is 137 g/mol. The van der Waals surface area contributed by atoms with E-state index < -0.39 is 5.54 Å². The third-order valence-corrected chi connectivity index (χ3v) is 2.00. The number of hydrogen-bond acceptors (Lipinski definition) is 2. The van der Waals surface area contributed by atoms with Crippen LogP contribution >= 0.6 is 0 Å². The van der Waals surface area contributed by atoms with Crippen LogP contribution in [0.25, 0.3) is 0 Å². The Morgan fingerprint density at radius 1 is 1.80 bits per heavy atom. The molecule has 0 unspecified atom stereocenters. The van der Waals surface area contributed by atoms with Gasteiger partial charge in [0.25, 0.3) is 0 Å². The lowest BCUT2D eigenvalue weighted by atomic mass is 9.95. The summed E-state index contributed by atoms with van der Waals surface area (Å²) in [6.07, 6.45) is 6.91. The molecule has 54 valence electrons. The van der Waals surface area contributed by atoms with Crippen molar-refractivity contribution < 1.29 is 4.79 Å². The Balaban J connectivity index is 2.69. The number of carbonyl (C=O) groups excluding carboxylic acids is 1. The van der Waals surface area contributed by atoms with Crippen molar-refractivity contribution >= 4 is 5.78 Å². The first kappa shape index (κ1) is 7.30.